The molecule has 1 aliphatic carbocycles. The van der Waals surface area contributed by atoms with Crippen LogP contribution in [-0.4, -0.2) is 86.0 Å². The summed E-state index contributed by atoms with van der Waals surface area (Å²) >= 11 is 0. The van der Waals surface area contributed by atoms with Gasteiger partial charge in [0.15, 0.2) is 11.6 Å². The third kappa shape index (κ3) is 3.83. The summed E-state index contributed by atoms with van der Waals surface area (Å²) in [5.74, 6) is 2.00. The summed E-state index contributed by atoms with van der Waals surface area (Å²) in [6, 6.07) is 4.65. The van der Waals surface area contributed by atoms with E-state index in [1.807, 2.05) is 12.1 Å². The van der Waals surface area contributed by atoms with E-state index in [1.165, 1.54) is 25.6 Å². The van der Waals surface area contributed by atoms with Crippen molar-refractivity contribution >= 4 is 11.7 Å². The van der Waals surface area contributed by atoms with E-state index < -0.39 is 0 Å². The van der Waals surface area contributed by atoms with Crippen molar-refractivity contribution in [2.45, 2.75) is 38.1 Å². The number of rotatable bonds is 4. The quantitative estimate of drug-likeness (QED) is 0.761. The van der Waals surface area contributed by atoms with Crippen LogP contribution in [0, 0.1) is 5.92 Å². The number of anilines is 1. The number of hydrogen-bond acceptors (Lipinski definition) is 7. The topological polar surface area (TPSA) is 83.3 Å². The number of aromatic nitrogens is 5. The monoisotopic (exact) mass is 396 g/mol. The van der Waals surface area contributed by atoms with Crippen molar-refractivity contribution in [3.05, 3.63) is 24.8 Å². The third-order valence-corrected chi connectivity index (χ3v) is 6.68. The van der Waals surface area contributed by atoms with Crippen LogP contribution in [0.4, 0.5) is 5.82 Å². The minimum atomic E-state index is 0.142. The molecule has 3 aliphatic rings. The van der Waals surface area contributed by atoms with Gasteiger partial charge in [-0.2, -0.15) is 5.10 Å². The molecule has 5 rings (SSSR count). The number of carbonyl (C=O) groups is 1. The highest BCUT2D eigenvalue weighted by Gasteiger charge is 2.33. The highest BCUT2D eigenvalue weighted by Crippen LogP contribution is 2.27. The Morgan fingerprint density at radius 1 is 0.897 bits per heavy atom. The SMILES string of the molecule is O=C(C1CCN(c2ccc(-n3cncn3)nn2)CC1)N1CCN(C2CCC2)CC1. The molecule has 9 heteroatoms. The second-order valence-electron chi connectivity index (χ2n) is 8.30. The summed E-state index contributed by atoms with van der Waals surface area (Å²) in [5.41, 5.74) is 0. The van der Waals surface area contributed by atoms with Gasteiger partial charge in [-0.1, -0.05) is 6.42 Å². The molecule has 0 bridgehead atoms. The fraction of sp³-hybridized carbons (Fsp3) is 0.650. The maximum atomic E-state index is 13.0. The smallest absolute Gasteiger partial charge is 0.225 e. The highest BCUT2D eigenvalue weighted by atomic mass is 16.2. The molecule has 4 heterocycles. The van der Waals surface area contributed by atoms with Crippen molar-refractivity contribution in [2.24, 2.45) is 5.92 Å². The van der Waals surface area contributed by atoms with Crippen LogP contribution in [0.15, 0.2) is 24.8 Å². The number of hydrogen-bond donors (Lipinski definition) is 0. The molecule has 0 atom stereocenters. The minimum Gasteiger partial charge on any atom is -0.355 e. The van der Waals surface area contributed by atoms with Crippen LogP contribution in [0.5, 0.6) is 0 Å². The van der Waals surface area contributed by atoms with Crippen molar-refractivity contribution in [3.63, 3.8) is 0 Å². The van der Waals surface area contributed by atoms with Crippen LogP contribution in [0.2, 0.25) is 0 Å². The van der Waals surface area contributed by atoms with Gasteiger partial charge < -0.3 is 9.80 Å². The molecule has 2 aromatic rings. The van der Waals surface area contributed by atoms with Crippen molar-refractivity contribution < 1.29 is 4.79 Å². The van der Waals surface area contributed by atoms with Crippen LogP contribution in [0.25, 0.3) is 5.82 Å². The zero-order valence-corrected chi connectivity index (χ0v) is 16.7. The molecule has 2 aliphatic heterocycles. The van der Waals surface area contributed by atoms with Gasteiger partial charge in [0.05, 0.1) is 0 Å². The first-order chi connectivity index (χ1) is 14.3. The minimum absolute atomic E-state index is 0.142. The van der Waals surface area contributed by atoms with E-state index >= 15 is 0 Å². The molecule has 0 spiro atoms. The molecule has 2 saturated heterocycles. The van der Waals surface area contributed by atoms with Gasteiger partial charge in [0.1, 0.15) is 12.7 Å². The summed E-state index contributed by atoms with van der Waals surface area (Å²) in [6.45, 7) is 5.56. The van der Waals surface area contributed by atoms with E-state index in [-0.39, 0.29) is 5.92 Å². The average molecular weight is 396 g/mol. The Labute approximate surface area is 170 Å². The molecule has 0 radical (unpaired) electrons. The Balaban J connectivity index is 1.12. The Morgan fingerprint density at radius 2 is 1.62 bits per heavy atom. The summed E-state index contributed by atoms with van der Waals surface area (Å²) in [6.07, 6.45) is 8.90. The first-order valence-corrected chi connectivity index (χ1v) is 10.7. The Hall–Kier alpha value is -2.55. The molecular weight excluding hydrogens is 368 g/mol. The number of carbonyl (C=O) groups excluding carboxylic acids is 1. The van der Waals surface area contributed by atoms with Gasteiger partial charge in [-0.05, 0) is 37.8 Å². The van der Waals surface area contributed by atoms with E-state index in [1.54, 1.807) is 11.0 Å². The second kappa shape index (κ2) is 8.06. The molecule has 1 amide bonds. The maximum Gasteiger partial charge on any atom is 0.225 e. The lowest BCUT2D eigenvalue weighted by Gasteiger charge is -2.44. The molecule has 0 aromatic carbocycles. The van der Waals surface area contributed by atoms with Gasteiger partial charge in [0.2, 0.25) is 5.91 Å². The molecule has 1 saturated carbocycles. The van der Waals surface area contributed by atoms with Crippen LogP contribution in [-0.2, 0) is 4.79 Å². The van der Waals surface area contributed by atoms with E-state index in [0.717, 1.165) is 64.0 Å². The summed E-state index contributed by atoms with van der Waals surface area (Å²) in [4.78, 5) is 23.8. The number of nitrogens with zero attached hydrogens (tertiary/aromatic N) is 8. The van der Waals surface area contributed by atoms with Gasteiger partial charge in [-0.25, -0.2) is 9.67 Å². The molecule has 29 heavy (non-hydrogen) atoms. The Kier molecular flexibility index (Phi) is 5.13. The van der Waals surface area contributed by atoms with Crippen LogP contribution in [0.1, 0.15) is 32.1 Å². The number of amides is 1. The van der Waals surface area contributed by atoms with Crippen LogP contribution in [0.3, 0.4) is 0 Å². The van der Waals surface area contributed by atoms with Crippen molar-refractivity contribution in [1.82, 2.24) is 34.8 Å². The predicted molar refractivity (Wildman–Crippen MR) is 108 cm³/mol. The first-order valence-electron chi connectivity index (χ1n) is 10.7. The van der Waals surface area contributed by atoms with Gasteiger partial charge in [0, 0.05) is 51.2 Å². The lowest BCUT2D eigenvalue weighted by Crippen LogP contribution is -2.55. The van der Waals surface area contributed by atoms with E-state index in [9.17, 15) is 4.79 Å². The predicted octanol–water partition coefficient (Wildman–Crippen LogP) is 0.970. The summed E-state index contributed by atoms with van der Waals surface area (Å²) < 4.78 is 1.59. The molecule has 0 unspecified atom stereocenters. The summed E-state index contributed by atoms with van der Waals surface area (Å²) in [7, 11) is 0. The van der Waals surface area contributed by atoms with Gasteiger partial charge in [-0.3, -0.25) is 9.69 Å². The lowest BCUT2D eigenvalue weighted by molar-refractivity contribution is -0.138. The molecule has 3 fully saturated rings. The van der Waals surface area contributed by atoms with Crippen LogP contribution < -0.4 is 4.90 Å². The normalized spacial score (nSPS) is 21.9. The van der Waals surface area contributed by atoms with Crippen molar-refractivity contribution in [3.8, 4) is 5.82 Å². The standard InChI is InChI=1S/C20H28N8O/c29-20(27-12-10-25(11-13-27)17-2-1-3-17)16-6-8-26(9-7-16)18-4-5-19(24-23-18)28-15-21-14-22-28/h4-5,14-17H,1-3,6-13H2. The van der Waals surface area contributed by atoms with Crippen molar-refractivity contribution in [2.75, 3.05) is 44.2 Å². The van der Waals surface area contributed by atoms with Crippen LogP contribution >= 0.6 is 0 Å². The molecular formula is C20H28N8O. The fourth-order valence-corrected chi connectivity index (χ4v) is 4.61. The Morgan fingerprint density at radius 3 is 2.21 bits per heavy atom. The number of piperidine rings is 1. The molecule has 0 N–H and O–H groups in total. The average Bonchev–Trinajstić information content (AvgIpc) is 3.28. The van der Waals surface area contributed by atoms with E-state index in [4.69, 9.17) is 0 Å². The maximum absolute atomic E-state index is 13.0. The molecule has 2 aromatic heterocycles. The lowest BCUT2D eigenvalue weighted by atomic mass is 9.90. The largest absolute Gasteiger partial charge is 0.355 e. The zero-order chi connectivity index (χ0) is 19.6. The van der Waals surface area contributed by atoms with E-state index in [2.05, 4.69) is 35.0 Å². The third-order valence-electron chi connectivity index (χ3n) is 6.68. The zero-order valence-electron chi connectivity index (χ0n) is 16.7. The number of piperazine rings is 1. The highest BCUT2D eigenvalue weighted by molar-refractivity contribution is 5.79. The first kappa shape index (κ1) is 18.5. The van der Waals surface area contributed by atoms with Crippen molar-refractivity contribution in [1.29, 1.82) is 0 Å². The molecule has 9 nitrogen and oxygen atoms in total. The van der Waals surface area contributed by atoms with Gasteiger partial charge in [0.25, 0.3) is 0 Å². The Bertz CT molecular complexity index is 804. The fourth-order valence-electron chi connectivity index (χ4n) is 4.61. The molecule has 154 valence electrons. The van der Waals surface area contributed by atoms with Gasteiger partial charge >= 0.3 is 0 Å². The summed E-state index contributed by atoms with van der Waals surface area (Å²) in [5, 5.41) is 12.7. The second-order valence-corrected chi connectivity index (χ2v) is 8.30. The van der Waals surface area contributed by atoms with E-state index in [0.29, 0.717) is 11.7 Å². The van der Waals surface area contributed by atoms with Gasteiger partial charge in [-0.15, -0.1) is 10.2 Å².